The largest absolute Gasteiger partial charge is 0.496 e. The van der Waals surface area contributed by atoms with Gasteiger partial charge in [-0.25, -0.2) is 0 Å². The lowest BCUT2D eigenvalue weighted by molar-refractivity contribution is -0.114. The number of likely N-dealkylation sites (tertiary alicyclic amines) is 1. The van der Waals surface area contributed by atoms with Crippen molar-refractivity contribution in [2.24, 2.45) is 5.92 Å². The van der Waals surface area contributed by atoms with Crippen molar-refractivity contribution in [2.45, 2.75) is 26.7 Å². The third kappa shape index (κ3) is 3.74. The lowest BCUT2D eigenvalue weighted by atomic mass is 9.98. The number of ether oxygens (including phenoxy) is 1. The zero-order valence-corrected chi connectivity index (χ0v) is 12.8. The predicted octanol–water partition coefficient (Wildman–Crippen LogP) is 2.53. The minimum atomic E-state index is -0.162. The van der Waals surface area contributed by atoms with Crippen LogP contribution in [0.25, 0.3) is 0 Å². The molecule has 0 spiro atoms. The number of hydrogen-bond donors (Lipinski definition) is 1. The van der Waals surface area contributed by atoms with Crippen LogP contribution in [0.15, 0.2) is 18.2 Å². The number of hydrogen-bond acceptors (Lipinski definition) is 3. The lowest BCUT2D eigenvalue weighted by Gasteiger charge is -2.30. The van der Waals surface area contributed by atoms with Crippen molar-refractivity contribution >= 4 is 17.5 Å². The van der Waals surface area contributed by atoms with Crippen molar-refractivity contribution in [1.29, 1.82) is 0 Å². The molecule has 5 nitrogen and oxygen atoms in total. The predicted molar refractivity (Wildman–Crippen MR) is 81.6 cm³/mol. The summed E-state index contributed by atoms with van der Waals surface area (Å²) in [4.78, 5) is 25.7. The van der Waals surface area contributed by atoms with Crippen LogP contribution in [0.2, 0.25) is 0 Å². The van der Waals surface area contributed by atoms with E-state index in [1.54, 1.807) is 25.3 Å². The van der Waals surface area contributed by atoms with E-state index in [1.807, 2.05) is 4.90 Å². The molecule has 0 radical (unpaired) electrons. The topological polar surface area (TPSA) is 58.6 Å². The summed E-state index contributed by atoms with van der Waals surface area (Å²) in [5, 5.41) is 2.70. The van der Waals surface area contributed by atoms with Crippen LogP contribution in [0.5, 0.6) is 5.75 Å². The van der Waals surface area contributed by atoms with E-state index < -0.39 is 0 Å². The zero-order chi connectivity index (χ0) is 15.4. The first-order chi connectivity index (χ1) is 10.0. The minimum absolute atomic E-state index is 0.0362. The number of piperidine rings is 1. The van der Waals surface area contributed by atoms with Crippen molar-refractivity contribution in [2.75, 3.05) is 25.5 Å². The standard InChI is InChI=1S/C16H22N2O3/c1-11-6-8-18(9-7-11)16(20)14-10-13(17-12(2)19)4-5-15(14)21-3/h4-5,10-11H,6-9H2,1-3H3,(H,17,19). The third-order valence-electron chi connectivity index (χ3n) is 3.82. The van der Waals surface area contributed by atoms with Gasteiger partial charge in [-0.15, -0.1) is 0 Å². The maximum atomic E-state index is 12.7. The molecule has 0 bridgehead atoms. The average molecular weight is 290 g/mol. The number of anilines is 1. The molecule has 0 saturated carbocycles. The van der Waals surface area contributed by atoms with Gasteiger partial charge in [-0.1, -0.05) is 6.92 Å². The Morgan fingerprint density at radius 1 is 1.29 bits per heavy atom. The Bertz CT molecular complexity index is 534. The molecule has 0 aliphatic carbocycles. The molecule has 5 heteroatoms. The van der Waals surface area contributed by atoms with Gasteiger partial charge in [0.2, 0.25) is 5.91 Å². The van der Waals surface area contributed by atoms with Crippen LogP contribution in [-0.4, -0.2) is 36.9 Å². The molecule has 0 unspecified atom stereocenters. The molecule has 1 aromatic rings. The SMILES string of the molecule is COc1ccc(NC(C)=O)cc1C(=O)N1CCC(C)CC1. The number of nitrogens with zero attached hydrogens (tertiary/aromatic N) is 1. The van der Waals surface area contributed by atoms with Gasteiger partial charge in [0, 0.05) is 25.7 Å². The van der Waals surface area contributed by atoms with Gasteiger partial charge >= 0.3 is 0 Å². The Labute approximate surface area is 125 Å². The van der Waals surface area contributed by atoms with Gasteiger partial charge in [0.15, 0.2) is 0 Å². The van der Waals surface area contributed by atoms with Crippen molar-refractivity contribution < 1.29 is 14.3 Å². The van der Waals surface area contributed by atoms with Gasteiger partial charge in [0.25, 0.3) is 5.91 Å². The summed E-state index contributed by atoms with van der Waals surface area (Å²) in [6.07, 6.45) is 2.05. The molecule has 1 aromatic carbocycles. The number of benzene rings is 1. The lowest BCUT2D eigenvalue weighted by Crippen LogP contribution is -2.38. The molecule has 0 atom stereocenters. The van der Waals surface area contributed by atoms with Crippen molar-refractivity contribution in [3.8, 4) is 5.75 Å². The summed E-state index contributed by atoms with van der Waals surface area (Å²) < 4.78 is 5.28. The fraction of sp³-hybridized carbons (Fsp3) is 0.500. The number of nitrogens with one attached hydrogen (secondary N) is 1. The highest BCUT2D eigenvalue weighted by atomic mass is 16.5. The van der Waals surface area contributed by atoms with Gasteiger partial charge in [0.05, 0.1) is 12.7 Å². The molecule has 114 valence electrons. The summed E-state index contributed by atoms with van der Waals surface area (Å²) in [5.74, 6) is 1.01. The van der Waals surface area contributed by atoms with Crippen LogP contribution >= 0.6 is 0 Å². The van der Waals surface area contributed by atoms with Gasteiger partial charge in [-0.05, 0) is 37.0 Å². The van der Waals surface area contributed by atoms with E-state index >= 15 is 0 Å². The van der Waals surface area contributed by atoms with Crippen LogP contribution in [0.4, 0.5) is 5.69 Å². The highest BCUT2D eigenvalue weighted by molar-refractivity contribution is 5.99. The Hall–Kier alpha value is -2.04. The molecule has 21 heavy (non-hydrogen) atoms. The van der Waals surface area contributed by atoms with Crippen molar-refractivity contribution in [3.63, 3.8) is 0 Å². The van der Waals surface area contributed by atoms with Gasteiger partial charge in [-0.2, -0.15) is 0 Å². The monoisotopic (exact) mass is 290 g/mol. The molecule has 2 rings (SSSR count). The average Bonchev–Trinajstić information content (AvgIpc) is 2.46. The van der Waals surface area contributed by atoms with E-state index in [1.165, 1.54) is 6.92 Å². The van der Waals surface area contributed by atoms with Crippen LogP contribution < -0.4 is 10.1 Å². The Morgan fingerprint density at radius 2 is 1.95 bits per heavy atom. The summed E-state index contributed by atoms with van der Waals surface area (Å²) in [7, 11) is 1.54. The van der Waals surface area contributed by atoms with Gasteiger partial charge in [-0.3, -0.25) is 9.59 Å². The second-order valence-electron chi connectivity index (χ2n) is 5.57. The smallest absolute Gasteiger partial charge is 0.257 e. The number of carbonyl (C=O) groups excluding carboxylic acids is 2. The van der Waals surface area contributed by atoms with E-state index in [9.17, 15) is 9.59 Å². The molecule has 1 fully saturated rings. The molecule has 0 aromatic heterocycles. The highest BCUT2D eigenvalue weighted by Crippen LogP contribution is 2.26. The Balaban J connectivity index is 2.23. The van der Waals surface area contributed by atoms with Crippen molar-refractivity contribution in [3.05, 3.63) is 23.8 Å². The summed E-state index contributed by atoms with van der Waals surface area (Å²) in [5.41, 5.74) is 1.11. The summed E-state index contributed by atoms with van der Waals surface area (Å²) in [6, 6.07) is 5.13. The van der Waals surface area contributed by atoms with E-state index in [0.717, 1.165) is 25.9 Å². The number of amides is 2. The van der Waals surface area contributed by atoms with Crippen molar-refractivity contribution in [1.82, 2.24) is 4.90 Å². The molecule has 1 aliphatic heterocycles. The first-order valence-corrected chi connectivity index (χ1v) is 7.26. The second kappa shape index (κ2) is 6.61. The highest BCUT2D eigenvalue weighted by Gasteiger charge is 2.24. The Kier molecular flexibility index (Phi) is 4.83. The quantitative estimate of drug-likeness (QED) is 0.930. The summed E-state index contributed by atoms with van der Waals surface area (Å²) >= 11 is 0. The van der Waals surface area contributed by atoms with Crippen LogP contribution in [0.1, 0.15) is 37.0 Å². The fourth-order valence-corrected chi connectivity index (χ4v) is 2.54. The van der Waals surface area contributed by atoms with E-state index in [4.69, 9.17) is 4.74 Å². The molecule has 1 N–H and O–H groups in total. The molecule has 1 heterocycles. The van der Waals surface area contributed by atoms with Crippen LogP contribution in [0.3, 0.4) is 0 Å². The first-order valence-electron chi connectivity index (χ1n) is 7.26. The summed E-state index contributed by atoms with van der Waals surface area (Å²) in [6.45, 7) is 5.19. The Morgan fingerprint density at radius 3 is 2.52 bits per heavy atom. The molecule has 1 saturated heterocycles. The van der Waals surface area contributed by atoms with E-state index in [2.05, 4.69) is 12.2 Å². The van der Waals surface area contributed by atoms with Gasteiger partial charge in [0.1, 0.15) is 5.75 Å². The van der Waals surface area contributed by atoms with E-state index in [0.29, 0.717) is 22.9 Å². The number of methoxy groups -OCH3 is 1. The molecule has 2 amide bonds. The van der Waals surface area contributed by atoms with Crippen LogP contribution in [0, 0.1) is 5.92 Å². The van der Waals surface area contributed by atoms with Gasteiger partial charge < -0.3 is 15.0 Å². The zero-order valence-electron chi connectivity index (χ0n) is 12.8. The number of carbonyl (C=O) groups is 2. The van der Waals surface area contributed by atoms with Crippen LogP contribution in [-0.2, 0) is 4.79 Å². The third-order valence-corrected chi connectivity index (χ3v) is 3.82. The maximum absolute atomic E-state index is 12.7. The van der Waals surface area contributed by atoms with E-state index in [-0.39, 0.29) is 11.8 Å². The minimum Gasteiger partial charge on any atom is -0.496 e. The molecular formula is C16H22N2O3. The molecule has 1 aliphatic rings. The first kappa shape index (κ1) is 15.4. The molecular weight excluding hydrogens is 268 g/mol. The second-order valence-corrected chi connectivity index (χ2v) is 5.57. The number of rotatable bonds is 3. The fourth-order valence-electron chi connectivity index (χ4n) is 2.54. The maximum Gasteiger partial charge on any atom is 0.257 e. The normalized spacial score (nSPS) is 15.7.